The zero-order valence-corrected chi connectivity index (χ0v) is 7.42. The van der Waals surface area contributed by atoms with Crippen molar-refractivity contribution in [1.82, 2.24) is 0 Å². The van der Waals surface area contributed by atoms with Crippen molar-refractivity contribution in [3.05, 3.63) is 11.5 Å². The van der Waals surface area contributed by atoms with Crippen molar-refractivity contribution in [2.45, 2.75) is 20.0 Å². The Labute approximate surface area is 71.1 Å². The van der Waals surface area contributed by atoms with Crippen molar-refractivity contribution < 1.29 is 19.0 Å². The van der Waals surface area contributed by atoms with E-state index in [4.69, 9.17) is 9.47 Å². The predicted octanol–water partition coefficient (Wildman–Crippen LogP) is 0.826. The predicted molar refractivity (Wildman–Crippen MR) is 41.2 cm³/mol. The zero-order valence-electron chi connectivity index (χ0n) is 7.42. The van der Waals surface area contributed by atoms with Crippen LogP contribution in [-0.4, -0.2) is 25.8 Å². The minimum Gasteiger partial charge on any atom is -0.488 e. The Hall–Kier alpha value is -1.19. The van der Waals surface area contributed by atoms with Crippen molar-refractivity contribution in [3.63, 3.8) is 0 Å². The van der Waals surface area contributed by atoms with Gasteiger partial charge in [-0.15, -0.1) is 0 Å². The first-order chi connectivity index (χ1) is 5.65. The second kappa shape index (κ2) is 3.47. The first-order valence-electron chi connectivity index (χ1n) is 3.73. The number of rotatable bonds is 1. The normalized spacial score (nSPS) is 22.8. The van der Waals surface area contributed by atoms with Crippen LogP contribution in [0.1, 0.15) is 13.8 Å². The molecule has 0 spiro atoms. The Balaban J connectivity index is 2.75. The lowest BCUT2D eigenvalue weighted by atomic mass is 10.3. The molecule has 0 saturated carbocycles. The molecule has 4 nitrogen and oxygen atoms in total. The summed E-state index contributed by atoms with van der Waals surface area (Å²) in [6.45, 7) is 3.95. The molecule has 0 saturated heterocycles. The second-order valence-corrected chi connectivity index (χ2v) is 2.62. The summed E-state index contributed by atoms with van der Waals surface area (Å²) in [4.78, 5) is 11.0. The number of carbonyl (C=O) groups is 1. The Kier molecular flexibility index (Phi) is 2.58. The van der Waals surface area contributed by atoms with Crippen LogP contribution in [0.4, 0.5) is 0 Å². The van der Waals surface area contributed by atoms with Crippen LogP contribution in [0.15, 0.2) is 11.5 Å². The van der Waals surface area contributed by atoms with E-state index in [1.807, 2.05) is 6.92 Å². The van der Waals surface area contributed by atoms with E-state index < -0.39 is 5.97 Å². The molecule has 1 aliphatic rings. The van der Waals surface area contributed by atoms with Gasteiger partial charge in [0.1, 0.15) is 18.5 Å². The van der Waals surface area contributed by atoms with Crippen molar-refractivity contribution in [3.8, 4) is 0 Å². The molecule has 0 aromatic heterocycles. The molecule has 68 valence electrons. The van der Waals surface area contributed by atoms with Crippen LogP contribution in [0.25, 0.3) is 0 Å². The van der Waals surface area contributed by atoms with Crippen molar-refractivity contribution >= 4 is 5.97 Å². The van der Waals surface area contributed by atoms with Gasteiger partial charge < -0.3 is 14.2 Å². The smallest absolute Gasteiger partial charge is 0.376 e. The highest BCUT2D eigenvalue weighted by Crippen LogP contribution is 2.17. The third kappa shape index (κ3) is 1.69. The maximum absolute atomic E-state index is 11.0. The van der Waals surface area contributed by atoms with E-state index in [1.54, 1.807) is 6.92 Å². The van der Waals surface area contributed by atoms with Gasteiger partial charge in [-0.1, -0.05) is 0 Å². The number of ether oxygens (including phenoxy) is 3. The van der Waals surface area contributed by atoms with Crippen LogP contribution in [0.3, 0.4) is 0 Å². The molecule has 1 rings (SSSR count). The molecule has 0 N–H and O–H groups in total. The largest absolute Gasteiger partial charge is 0.488 e. The van der Waals surface area contributed by atoms with Gasteiger partial charge >= 0.3 is 5.97 Å². The molecule has 0 aliphatic carbocycles. The second-order valence-electron chi connectivity index (χ2n) is 2.62. The Bertz CT molecular complexity index is 219. The van der Waals surface area contributed by atoms with Gasteiger partial charge in [0.25, 0.3) is 0 Å². The third-order valence-corrected chi connectivity index (χ3v) is 1.53. The Morgan fingerprint density at radius 2 is 2.33 bits per heavy atom. The topological polar surface area (TPSA) is 44.8 Å². The average molecular weight is 172 g/mol. The fourth-order valence-corrected chi connectivity index (χ4v) is 0.987. The third-order valence-electron chi connectivity index (χ3n) is 1.53. The highest BCUT2D eigenvalue weighted by molar-refractivity contribution is 5.86. The summed E-state index contributed by atoms with van der Waals surface area (Å²) < 4.78 is 14.9. The molecule has 1 heterocycles. The van der Waals surface area contributed by atoms with Gasteiger partial charge in [-0.3, -0.25) is 0 Å². The lowest BCUT2D eigenvalue weighted by Gasteiger charge is -2.23. The average Bonchev–Trinajstić information content (AvgIpc) is 2.03. The summed E-state index contributed by atoms with van der Waals surface area (Å²) in [5, 5.41) is 0. The van der Waals surface area contributed by atoms with Crippen LogP contribution < -0.4 is 0 Å². The first kappa shape index (κ1) is 8.90. The van der Waals surface area contributed by atoms with E-state index in [0.29, 0.717) is 12.4 Å². The Morgan fingerprint density at radius 3 is 2.83 bits per heavy atom. The lowest BCUT2D eigenvalue weighted by molar-refractivity contribution is -0.143. The SMILES string of the molecule is COC(=O)C1=C(C)OC(C)CO1. The van der Waals surface area contributed by atoms with Gasteiger partial charge in [-0.25, -0.2) is 4.79 Å². The van der Waals surface area contributed by atoms with Gasteiger partial charge in [0.15, 0.2) is 0 Å². The molecule has 0 bridgehead atoms. The molecule has 1 unspecified atom stereocenters. The lowest BCUT2D eigenvalue weighted by Crippen LogP contribution is -2.25. The van der Waals surface area contributed by atoms with Crippen LogP contribution >= 0.6 is 0 Å². The first-order valence-corrected chi connectivity index (χ1v) is 3.73. The molecule has 4 heteroatoms. The van der Waals surface area contributed by atoms with Gasteiger partial charge in [-0.2, -0.15) is 0 Å². The summed E-state index contributed by atoms with van der Waals surface area (Å²) in [5.41, 5.74) is 0. The minimum absolute atomic E-state index is 0.00148. The molecule has 0 amide bonds. The van der Waals surface area contributed by atoms with E-state index in [2.05, 4.69) is 4.74 Å². The van der Waals surface area contributed by atoms with Gasteiger partial charge in [0, 0.05) is 0 Å². The maximum atomic E-state index is 11.0. The van der Waals surface area contributed by atoms with Crippen molar-refractivity contribution in [2.75, 3.05) is 13.7 Å². The number of hydrogen-bond donors (Lipinski definition) is 0. The minimum atomic E-state index is -0.487. The van der Waals surface area contributed by atoms with E-state index >= 15 is 0 Å². The molecule has 0 fully saturated rings. The number of hydrogen-bond acceptors (Lipinski definition) is 4. The van der Waals surface area contributed by atoms with Gasteiger partial charge in [-0.05, 0) is 13.8 Å². The number of esters is 1. The van der Waals surface area contributed by atoms with E-state index in [-0.39, 0.29) is 11.9 Å². The molecular weight excluding hydrogens is 160 g/mol. The monoisotopic (exact) mass is 172 g/mol. The van der Waals surface area contributed by atoms with Crippen LogP contribution in [0, 0.1) is 0 Å². The molecule has 0 aromatic rings. The molecule has 1 aliphatic heterocycles. The standard InChI is InChI=1S/C8H12O4/c1-5-4-11-7(6(2)12-5)8(9)10-3/h5H,4H2,1-3H3. The Morgan fingerprint density at radius 1 is 1.67 bits per heavy atom. The summed E-state index contributed by atoms with van der Waals surface area (Å²) in [6.07, 6.45) is -0.00148. The fraction of sp³-hybridized carbons (Fsp3) is 0.625. The highest BCUT2D eigenvalue weighted by atomic mass is 16.6. The van der Waals surface area contributed by atoms with E-state index in [9.17, 15) is 4.79 Å². The molecular formula is C8H12O4. The highest BCUT2D eigenvalue weighted by Gasteiger charge is 2.23. The molecule has 0 radical (unpaired) electrons. The molecule has 0 aromatic carbocycles. The maximum Gasteiger partial charge on any atom is 0.376 e. The van der Waals surface area contributed by atoms with Gasteiger partial charge in [0.2, 0.25) is 5.76 Å². The number of carbonyl (C=O) groups excluding carboxylic acids is 1. The van der Waals surface area contributed by atoms with Crippen LogP contribution in [0.5, 0.6) is 0 Å². The van der Waals surface area contributed by atoms with Crippen molar-refractivity contribution in [2.24, 2.45) is 0 Å². The molecule has 1 atom stereocenters. The summed E-state index contributed by atoms with van der Waals surface area (Å²) in [5.74, 6) is 0.176. The number of allylic oxidation sites excluding steroid dienone is 1. The molecule has 12 heavy (non-hydrogen) atoms. The quantitative estimate of drug-likeness (QED) is 0.549. The van der Waals surface area contributed by atoms with Gasteiger partial charge in [0.05, 0.1) is 7.11 Å². The number of methoxy groups -OCH3 is 1. The van der Waals surface area contributed by atoms with Crippen LogP contribution in [0.2, 0.25) is 0 Å². The van der Waals surface area contributed by atoms with E-state index in [1.165, 1.54) is 7.11 Å². The zero-order chi connectivity index (χ0) is 9.14. The summed E-state index contributed by atoms with van der Waals surface area (Å²) >= 11 is 0. The van der Waals surface area contributed by atoms with Crippen molar-refractivity contribution in [1.29, 1.82) is 0 Å². The summed E-state index contributed by atoms with van der Waals surface area (Å²) in [6, 6.07) is 0. The van der Waals surface area contributed by atoms with Crippen LogP contribution in [-0.2, 0) is 19.0 Å². The fourth-order valence-electron chi connectivity index (χ4n) is 0.987. The van der Waals surface area contributed by atoms with E-state index in [0.717, 1.165) is 0 Å². The summed E-state index contributed by atoms with van der Waals surface area (Å²) in [7, 11) is 1.31.